The van der Waals surface area contributed by atoms with Crippen LogP contribution in [-0.2, 0) is 0 Å². The molecule has 1 aliphatic rings. The van der Waals surface area contributed by atoms with E-state index in [0.717, 1.165) is 36.4 Å². The molecular formula is C22H22FN3OS. The summed E-state index contributed by atoms with van der Waals surface area (Å²) in [6, 6.07) is 15.9. The monoisotopic (exact) mass is 395 g/mol. The van der Waals surface area contributed by atoms with E-state index in [4.69, 9.17) is 16.6 Å². The van der Waals surface area contributed by atoms with E-state index in [2.05, 4.69) is 22.1 Å². The highest BCUT2D eigenvalue weighted by Gasteiger charge is 2.41. The maximum Gasteiger partial charge on any atom is 0.170 e. The van der Waals surface area contributed by atoms with Crippen molar-refractivity contribution in [1.82, 2.24) is 15.2 Å². The van der Waals surface area contributed by atoms with Gasteiger partial charge in [-0.2, -0.15) is 0 Å². The molecule has 3 heterocycles. The van der Waals surface area contributed by atoms with Gasteiger partial charge in [0.25, 0.3) is 0 Å². The lowest BCUT2D eigenvalue weighted by molar-refractivity contribution is 0.271. The zero-order chi connectivity index (χ0) is 19.5. The molecule has 1 fully saturated rings. The van der Waals surface area contributed by atoms with Gasteiger partial charge in [0.2, 0.25) is 0 Å². The molecule has 3 aromatic rings. The average molecular weight is 396 g/mol. The van der Waals surface area contributed by atoms with Gasteiger partial charge in [-0.25, -0.2) is 4.39 Å². The van der Waals surface area contributed by atoms with Gasteiger partial charge in [0, 0.05) is 18.3 Å². The molecule has 1 saturated heterocycles. The summed E-state index contributed by atoms with van der Waals surface area (Å²) in [5.41, 5.74) is 1.77. The summed E-state index contributed by atoms with van der Waals surface area (Å²) in [6.45, 7) is 3.01. The van der Waals surface area contributed by atoms with Crippen molar-refractivity contribution >= 4 is 17.3 Å². The van der Waals surface area contributed by atoms with Crippen LogP contribution in [0.2, 0.25) is 0 Å². The number of nitrogens with one attached hydrogen (secondary N) is 1. The van der Waals surface area contributed by atoms with Crippen molar-refractivity contribution in [1.29, 1.82) is 0 Å². The fraction of sp³-hybridized carbons (Fsp3) is 0.273. The van der Waals surface area contributed by atoms with E-state index in [1.165, 1.54) is 12.1 Å². The van der Waals surface area contributed by atoms with Crippen LogP contribution >= 0.6 is 12.2 Å². The van der Waals surface area contributed by atoms with Crippen LogP contribution in [0.25, 0.3) is 11.3 Å². The molecule has 0 amide bonds. The molecule has 0 bridgehead atoms. The highest BCUT2D eigenvalue weighted by atomic mass is 32.1. The number of thiocarbonyl (C=S) groups is 1. The third-order valence-corrected chi connectivity index (χ3v) is 5.35. The van der Waals surface area contributed by atoms with Crippen molar-refractivity contribution in [2.75, 3.05) is 6.54 Å². The van der Waals surface area contributed by atoms with Crippen LogP contribution in [0.1, 0.15) is 43.3 Å². The largest absolute Gasteiger partial charge is 0.459 e. The predicted octanol–water partition coefficient (Wildman–Crippen LogP) is 5.25. The molecule has 4 rings (SSSR count). The zero-order valence-electron chi connectivity index (χ0n) is 15.6. The van der Waals surface area contributed by atoms with Gasteiger partial charge in [-0.1, -0.05) is 19.4 Å². The minimum Gasteiger partial charge on any atom is -0.459 e. The Morgan fingerprint density at radius 2 is 1.96 bits per heavy atom. The molecule has 0 unspecified atom stereocenters. The first-order valence-electron chi connectivity index (χ1n) is 9.51. The number of unbranched alkanes of at least 4 members (excludes halogenated alkanes) is 1. The maximum absolute atomic E-state index is 13.2. The number of benzene rings is 1. The van der Waals surface area contributed by atoms with Crippen LogP contribution < -0.4 is 5.32 Å². The van der Waals surface area contributed by atoms with E-state index in [-0.39, 0.29) is 17.9 Å². The number of furan rings is 1. The van der Waals surface area contributed by atoms with Crippen LogP contribution in [0.15, 0.2) is 65.2 Å². The van der Waals surface area contributed by atoms with Gasteiger partial charge in [-0.05, 0) is 67.2 Å². The van der Waals surface area contributed by atoms with Crippen molar-refractivity contribution < 1.29 is 8.81 Å². The Morgan fingerprint density at radius 1 is 1.14 bits per heavy atom. The lowest BCUT2D eigenvalue weighted by Gasteiger charge is -2.25. The van der Waals surface area contributed by atoms with Crippen LogP contribution in [0.5, 0.6) is 0 Å². The van der Waals surface area contributed by atoms with Crippen LogP contribution in [0.4, 0.5) is 4.39 Å². The number of nitrogens with zero attached hydrogens (tertiary/aromatic N) is 2. The highest BCUT2D eigenvalue weighted by molar-refractivity contribution is 7.80. The van der Waals surface area contributed by atoms with Gasteiger partial charge in [0.1, 0.15) is 23.4 Å². The smallest absolute Gasteiger partial charge is 0.170 e. The van der Waals surface area contributed by atoms with Gasteiger partial charge < -0.3 is 14.6 Å². The summed E-state index contributed by atoms with van der Waals surface area (Å²) in [6.07, 6.45) is 3.91. The molecule has 2 aromatic heterocycles. The van der Waals surface area contributed by atoms with Crippen molar-refractivity contribution in [3.05, 3.63) is 78.1 Å². The van der Waals surface area contributed by atoms with Crippen LogP contribution in [0, 0.1) is 5.82 Å². The Morgan fingerprint density at radius 3 is 2.68 bits per heavy atom. The first-order chi connectivity index (χ1) is 13.7. The van der Waals surface area contributed by atoms with Gasteiger partial charge in [-0.3, -0.25) is 4.98 Å². The quantitative estimate of drug-likeness (QED) is 0.577. The molecule has 28 heavy (non-hydrogen) atoms. The zero-order valence-corrected chi connectivity index (χ0v) is 16.5. The Balaban J connectivity index is 1.70. The Hall–Kier alpha value is -2.73. The van der Waals surface area contributed by atoms with Gasteiger partial charge in [0.05, 0.1) is 11.7 Å². The van der Waals surface area contributed by atoms with E-state index in [9.17, 15) is 4.39 Å². The molecule has 0 spiro atoms. The molecule has 2 atom stereocenters. The standard InChI is InChI=1S/C22H22FN3OS/c1-2-3-14-26-21(20(25-22(26)28)17-6-4-5-13-24-17)19-12-11-18(27-19)15-7-9-16(23)10-8-15/h4-13,20-21H,2-3,14H2,1H3,(H,25,28)/t20-,21-/m1/s1. The lowest BCUT2D eigenvalue weighted by Crippen LogP contribution is -2.30. The van der Waals surface area contributed by atoms with Gasteiger partial charge in [-0.15, -0.1) is 0 Å². The molecular weight excluding hydrogens is 373 g/mol. The van der Waals surface area contributed by atoms with Crippen LogP contribution in [-0.4, -0.2) is 21.5 Å². The molecule has 144 valence electrons. The van der Waals surface area contributed by atoms with Crippen molar-refractivity contribution in [3.63, 3.8) is 0 Å². The normalized spacial score (nSPS) is 19.1. The molecule has 0 aliphatic carbocycles. The molecule has 0 radical (unpaired) electrons. The highest BCUT2D eigenvalue weighted by Crippen LogP contribution is 2.40. The minimum atomic E-state index is -0.262. The molecule has 1 aliphatic heterocycles. The third-order valence-electron chi connectivity index (χ3n) is 5.00. The summed E-state index contributed by atoms with van der Waals surface area (Å²) in [7, 11) is 0. The number of rotatable bonds is 6. The third kappa shape index (κ3) is 3.64. The summed E-state index contributed by atoms with van der Waals surface area (Å²) in [5.74, 6) is 1.27. The van der Waals surface area contributed by atoms with E-state index in [1.54, 1.807) is 18.3 Å². The number of hydrogen-bond donors (Lipinski definition) is 1. The second-order valence-corrected chi connectivity index (χ2v) is 7.27. The first kappa shape index (κ1) is 18.6. The van der Waals surface area contributed by atoms with Crippen LogP contribution in [0.3, 0.4) is 0 Å². The minimum absolute atomic E-state index is 0.0804. The first-order valence-corrected chi connectivity index (χ1v) is 9.92. The maximum atomic E-state index is 13.2. The second kappa shape index (κ2) is 8.10. The van der Waals surface area contributed by atoms with E-state index in [0.29, 0.717) is 10.9 Å². The fourth-order valence-corrected chi connectivity index (χ4v) is 3.90. The average Bonchev–Trinajstić information content (AvgIpc) is 3.32. The summed E-state index contributed by atoms with van der Waals surface area (Å²) < 4.78 is 19.5. The lowest BCUT2D eigenvalue weighted by atomic mass is 10.0. The van der Waals surface area contributed by atoms with E-state index < -0.39 is 0 Å². The summed E-state index contributed by atoms with van der Waals surface area (Å²) in [5, 5.41) is 4.14. The molecule has 6 heteroatoms. The topological polar surface area (TPSA) is 41.3 Å². The van der Waals surface area contributed by atoms with E-state index >= 15 is 0 Å². The number of pyridine rings is 1. The van der Waals surface area contributed by atoms with Gasteiger partial charge >= 0.3 is 0 Å². The Labute approximate surface area is 169 Å². The van der Waals surface area contributed by atoms with Crippen molar-refractivity contribution in [2.24, 2.45) is 0 Å². The number of hydrogen-bond acceptors (Lipinski definition) is 3. The van der Waals surface area contributed by atoms with E-state index in [1.807, 2.05) is 30.3 Å². The molecule has 4 nitrogen and oxygen atoms in total. The Bertz CT molecular complexity index is 942. The summed E-state index contributed by atoms with van der Waals surface area (Å²) >= 11 is 5.63. The SMILES string of the molecule is CCCCN1C(=S)N[C@H](c2ccccn2)[C@H]1c1ccc(-c2ccc(F)cc2)o1. The Kier molecular flexibility index (Phi) is 5.39. The van der Waals surface area contributed by atoms with Gasteiger partial charge in [0.15, 0.2) is 5.11 Å². The molecule has 0 saturated carbocycles. The predicted molar refractivity (Wildman–Crippen MR) is 111 cm³/mol. The molecule has 1 aromatic carbocycles. The number of aromatic nitrogens is 1. The molecule has 1 N–H and O–H groups in total. The fourth-order valence-electron chi connectivity index (χ4n) is 3.56. The second-order valence-electron chi connectivity index (χ2n) is 6.88. The van der Waals surface area contributed by atoms with Crippen molar-refractivity contribution in [3.8, 4) is 11.3 Å². The van der Waals surface area contributed by atoms with Crippen molar-refractivity contribution in [2.45, 2.75) is 31.8 Å². The number of halogens is 1. The summed E-state index contributed by atoms with van der Waals surface area (Å²) in [4.78, 5) is 6.71.